The van der Waals surface area contributed by atoms with Crippen LogP contribution in [0.4, 0.5) is 5.69 Å². The number of methoxy groups -OCH3 is 1. The molecular weight excluding hydrogens is 224 g/mol. The fraction of sp³-hybridized carbons (Fsp3) is 0.455. The lowest BCUT2D eigenvalue weighted by Crippen LogP contribution is -2.13. The first kappa shape index (κ1) is 13.4. The smallest absolute Gasteiger partial charge is 0.270 e. The highest BCUT2D eigenvalue weighted by Gasteiger charge is 2.11. The monoisotopic (exact) mass is 240 g/mol. The molecular formula is C11H16N2O4. The molecule has 0 aliphatic carbocycles. The average molecular weight is 240 g/mol. The number of nitro benzene ring substituents is 1. The Morgan fingerprint density at radius 3 is 2.82 bits per heavy atom. The summed E-state index contributed by atoms with van der Waals surface area (Å²) in [4.78, 5) is 10.3. The van der Waals surface area contributed by atoms with Gasteiger partial charge in [0.05, 0.1) is 4.92 Å². The van der Waals surface area contributed by atoms with Crippen molar-refractivity contribution < 1.29 is 14.4 Å². The maximum absolute atomic E-state index is 10.7. The second-order valence-corrected chi connectivity index (χ2v) is 3.38. The van der Waals surface area contributed by atoms with Gasteiger partial charge in [-0.05, 0) is 12.6 Å². The molecule has 6 heteroatoms. The van der Waals surface area contributed by atoms with Crippen molar-refractivity contribution in [2.45, 2.75) is 13.5 Å². The molecule has 1 aromatic rings. The normalized spacial score (nSPS) is 10.2. The van der Waals surface area contributed by atoms with E-state index in [9.17, 15) is 10.1 Å². The lowest BCUT2D eigenvalue weighted by Gasteiger charge is -2.10. The highest BCUT2D eigenvalue weighted by Crippen LogP contribution is 2.24. The SMILES string of the molecule is CCNCc1cc([N+](=O)[O-])ccc1OCOC. The van der Waals surface area contributed by atoms with Crippen LogP contribution < -0.4 is 10.1 Å². The zero-order valence-corrected chi connectivity index (χ0v) is 9.93. The standard InChI is InChI=1S/C11H16N2O4/c1-3-12-7-9-6-10(13(14)15)4-5-11(9)17-8-16-2/h4-6,12H,3,7-8H2,1-2H3. The van der Waals surface area contributed by atoms with E-state index in [0.717, 1.165) is 12.1 Å². The third-order valence-electron chi connectivity index (χ3n) is 2.15. The Morgan fingerprint density at radius 2 is 2.24 bits per heavy atom. The molecule has 0 aromatic heterocycles. The van der Waals surface area contributed by atoms with Gasteiger partial charge in [0.15, 0.2) is 6.79 Å². The van der Waals surface area contributed by atoms with Gasteiger partial charge in [-0.2, -0.15) is 0 Å². The quantitative estimate of drug-likeness (QED) is 0.446. The Labute approximate surface area is 99.7 Å². The van der Waals surface area contributed by atoms with Crippen LogP contribution in [-0.2, 0) is 11.3 Å². The summed E-state index contributed by atoms with van der Waals surface area (Å²) in [6, 6.07) is 4.51. The van der Waals surface area contributed by atoms with E-state index in [1.807, 2.05) is 6.92 Å². The largest absolute Gasteiger partial charge is 0.467 e. The van der Waals surface area contributed by atoms with Gasteiger partial charge in [0.2, 0.25) is 0 Å². The number of hydrogen-bond donors (Lipinski definition) is 1. The van der Waals surface area contributed by atoms with Crippen LogP contribution in [0.5, 0.6) is 5.75 Å². The summed E-state index contributed by atoms with van der Waals surface area (Å²) < 4.78 is 10.1. The molecule has 1 N–H and O–H groups in total. The first-order chi connectivity index (χ1) is 8.19. The van der Waals surface area contributed by atoms with E-state index in [4.69, 9.17) is 9.47 Å². The molecule has 6 nitrogen and oxygen atoms in total. The molecule has 0 fully saturated rings. The summed E-state index contributed by atoms with van der Waals surface area (Å²) in [5, 5.41) is 13.8. The van der Waals surface area contributed by atoms with Crippen LogP contribution in [0.1, 0.15) is 12.5 Å². The van der Waals surface area contributed by atoms with E-state index in [1.165, 1.54) is 19.2 Å². The molecule has 0 saturated heterocycles. The fourth-order valence-electron chi connectivity index (χ4n) is 1.34. The number of rotatable bonds is 7. The van der Waals surface area contributed by atoms with Crippen LogP contribution in [0.2, 0.25) is 0 Å². The number of non-ortho nitro benzene ring substituents is 1. The van der Waals surface area contributed by atoms with E-state index < -0.39 is 4.92 Å². The minimum absolute atomic E-state index is 0.0580. The van der Waals surface area contributed by atoms with Crippen molar-refractivity contribution in [1.82, 2.24) is 5.32 Å². The van der Waals surface area contributed by atoms with Gasteiger partial charge in [-0.15, -0.1) is 0 Å². The maximum Gasteiger partial charge on any atom is 0.270 e. The molecule has 17 heavy (non-hydrogen) atoms. The fourth-order valence-corrected chi connectivity index (χ4v) is 1.34. The average Bonchev–Trinajstić information content (AvgIpc) is 2.34. The summed E-state index contributed by atoms with van der Waals surface area (Å²) in [6.45, 7) is 3.40. The molecule has 0 aliphatic rings. The predicted octanol–water partition coefficient (Wildman–Crippen LogP) is 1.69. The first-order valence-corrected chi connectivity index (χ1v) is 5.28. The van der Waals surface area contributed by atoms with Crippen molar-refractivity contribution >= 4 is 5.69 Å². The maximum atomic E-state index is 10.7. The van der Waals surface area contributed by atoms with Gasteiger partial charge in [0.1, 0.15) is 5.75 Å². The molecule has 1 rings (SSSR count). The van der Waals surface area contributed by atoms with Crippen molar-refractivity contribution in [2.75, 3.05) is 20.4 Å². The number of hydrogen-bond acceptors (Lipinski definition) is 5. The van der Waals surface area contributed by atoms with Crippen LogP contribution in [0.25, 0.3) is 0 Å². The summed E-state index contributed by atoms with van der Waals surface area (Å²) in [5.74, 6) is 0.596. The topological polar surface area (TPSA) is 73.6 Å². The third kappa shape index (κ3) is 4.01. The Hall–Kier alpha value is -1.66. The van der Waals surface area contributed by atoms with Crippen LogP contribution in [-0.4, -0.2) is 25.4 Å². The molecule has 0 unspecified atom stereocenters. The van der Waals surface area contributed by atoms with Gasteiger partial charge in [0.25, 0.3) is 5.69 Å². The summed E-state index contributed by atoms with van der Waals surface area (Å²) in [5.41, 5.74) is 0.806. The number of benzene rings is 1. The summed E-state index contributed by atoms with van der Waals surface area (Å²) in [7, 11) is 1.52. The summed E-state index contributed by atoms with van der Waals surface area (Å²) in [6.07, 6.45) is 0. The predicted molar refractivity (Wildman–Crippen MR) is 63.0 cm³/mol. The Kier molecular flexibility index (Phi) is 5.38. The van der Waals surface area contributed by atoms with Gasteiger partial charge in [0, 0.05) is 31.4 Å². The van der Waals surface area contributed by atoms with Gasteiger partial charge >= 0.3 is 0 Å². The van der Waals surface area contributed by atoms with E-state index >= 15 is 0 Å². The number of nitro groups is 1. The molecule has 0 atom stereocenters. The molecule has 0 bridgehead atoms. The van der Waals surface area contributed by atoms with Crippen LogP contribution in [0.3, 0.4) is 0 Å². The van der Waals surface area contributed by atoms with E-state index in [2.05, 4.69) is 5.32 Å². The van der Waals surface area contributed by atoms with Crippen molar-refractivity contribution in [1.29, 1.82) is 0 Å². The minimum atomic E-state index is -0.421. The zero-order chi connectivity index (χ0) is 12.7. The van der Waals surface area contributed by atoms with Crippen molar-refractivity contribution in [3.63, 3.8) is 0 Å². The minimum Gasteiger partial charge on any atom is -0.467 e. The van der Waals surface area contributed by atoms with E-state index in [-0.39, 0.29) is 12.5 Å². The molecule has 0 spiro atoms. The van der Waals surface area contributed by atoms with Crippen LogP contribution >= 0.6 is 0 Å². The molecule has 0 saturated carbocycles. The van der Waals surface area contributed by atoms with Crippen molar-refractivity contribution in [3.8, 4) is 5.75 Å². The van der Waals surface area contributed by atoms with E-state index in [1.54, 1.807) is 6.07 Å². The number of nitrogens with zero attached hydrogens (tertiary/aromatic N) is 1. The molecule has 94 valence electrons. The summed E-state index contributed by atoms with van der Waals surface area (Å²) >= 11 is 0. The van der Waals surface area contributed by atoms with Gasteiger partial charge < -0.3 is 14.8 Å². The molecule has 0 radical (unpaired) electrons. The highest BCUT2D eigenvalue weighted by molar-refractivity contribution is 5.43. The van der Waals surface area contributed by atoms with Crippen LogP contribution in [0.15, 0.2) is 18.2 Å². The lowest BCUT2D eigenvalue weighted by molar-refractivity contribution is -0.384. The molecule has 0 aliphatic heterocycles. The molecule has 0 heterocycles. The third-order valence-corrected chi connectivity index (χ3v) is 2.15. The van der Waals surface area contributed by atoms with Crippen LogP contribution in [0, 0.1) is 10.1 Å². The van der Waals surface area contributed by atoms with Crippen molar-refractivity contribution in [2.24, 2.45) is 0 Å². The number of ether oxygens (including phenoxy) is 2. The molecule has 1 aromatic carbocycles. The first-order valence-electron chi connectivity index (χ1n) is 5.28. The second kappa shape index (κ2) is 6.82. The second-order valence-electron chi connectivity index (χ2n) is 3.38. The molecule has 0 amide bonds. The lowest BCUT2D eigenvalue weighted by atomic mass is 10.1. The van der Waals surface area contributed by atoms with Crippen molar-refractivity contribution in [3.05, 3.63) is 33.9 Å². The van der Waals surface area contributed by atoms with E-state index in [0.29, 0.717) is 12.3 Å². The Balaban J connectivity index is 2.90. The zero-order valence-electron chi connectivity index (χ0n) is 9.93. The highest BCUT2D eigenvalue weighted by atomic mass is 16.7. The Bertz CT molecular complexity index is 382. The Morgan fingerprint density at radius 1 is 1.47 bits per heavy atom. The van der Waals surface area contributed by atoms with Gasteiger partial charge in [-0.3, -0.25) is 10.1 Å². The van der Waals surface area contributed by atoms with Gasteiger partial charge in [-0.25, -0.2) is 0 Å². The number of nitrogens with one attached hydrogen (secondary N) is 1. The van der Waals surface area contributed by atoms with Gasteiger partial charge in [-0.1, -0.05) is 6.92 Å².